The minimum Gasteiger partial charge on any atom is -0.454 e. The molecule has 0 unspecified atom stereocenters. The average Bonchev–Trinajstić information content (AvgIpc) is 3.60. The number of nitrogens with zero attached hydrogens (tertiary/aromatic N) is 4. The first kappa shape index (κ1) is 29.8. The molecule has 7 rings (SSSR count). The maximum absolute atomic E-state index is 13.8. The van der Waals surface area contributed by atoms with Gasteiger partial charge in [-0.25, -0.2) is 4.79 Å². The standard InChI is InChI=1S/C36H33N5O6/c42-33(39-18-16-38(17-19-39)28-6-2-1-3-7-28)23-40-30-9-5-4-8-29(30)35(44)41(36(40)45)22-25-10-13-27(14-11-25)34(43)37-21-26-12-15-31-32(20-26)47-24-46-31/h1-15,20H,16-19,21-24H2,(H,37,43). The maximum Gasteiger partial charge on any atom is 0.332 e. The van der Waals surface area contributed by atoms with Crippen LogP contribution in [0.4, 0.5) is 5.69 Å². The molecule has 11 heteroatoms. The van der Waals surface area contributed by atoms with Crippen LogP contribution in [0.15, 0.2) is 107 Å². The van der Waals surface area contributed by atoms with E-state index in [-0.39, 0.29) is 31.7 Å². The number of hydrogen-bond acceptors (Lipinski definition) is 7. The first-order valence-electron chi connectivity index (χ1n) is 15.5. The number of benzene rings is 4. The SMILES string of the molecule is O=C(NCc1ccc2c(c1)OCO2)c1ccc(Cn2c(=O)c3ccccc3n(CC(=O)N3CCN(c4ccccc4)CC3)c2=O)cc1. The Morgan fingerprint density at radius 2 is 1.43 bits per heavy atom. The number of carbonyl (C=O) groups is 2. The van der Waals surface area contributed by atoms with Crippen LogP contribution < -0.4 is 30.9 Å². The number of para-hydroxylation sites is 2. The summed E-state index contributed by atoms with van der Waals surface area (Å²) in [5.41, 5.74) is 2.52. The van der Waals surface area contributed by atoms with Crippen LogP contribution in [0.2, 0.25) is 0 Å². The molecule has 1 fully saturated rings. The number of ether oxygens (including phenoxy) is 2. The van der Waals surface area contributed by atoms with Crippen molar-refractivity contribution in [2.24, 2.45) is 0 Å². The van der Waals surface area contributed by atoms with E-state index in [0.717, 1.165) is 15.8 Å². The van der Waals surface area contributed by atoms with Crippen molar-refractivity contribution in [3.63, 3.8) is 0 Å². The molecule has 0 aliphatic carbocycles. The normalized spacial score (nSPS) is 14.0. The molecule has 1 aromatic heterocycles. The fourth-order valence-electron chi connectivity index (χ4n) is 6.03. The number of piperazine rings is 1. The Balaban J connectivity index is 1.05. The Hall–Kier alpha value is -5.84. The maximum atomic E-state index is 13.8. The quantitative estimate of drug-likeness (QED) is 0.280. The fraction of sp³-hybridized carbons (Fsp3) is 0.222. The number of fused-ring (bicyclic) bond motifs is 2. The van der Waals surface area contributed by atoms with Gasteiger partial charge in [-0.3, -0.25) is 23.5 Å². The number of aromatic nitrogens is 2. The van der Waals surface area contributed by atoms with E-state index in [4.69, 9.17) is 9.47 Å². The van der Waals surface area contributed by atoms with Gasteiger partial charge >= 0.3 is 5.69 Å². The molecular weight excluding hydrogens is 598 g/mol. The molecule has 11 nitrogen and oxygen atoms in total. The monoisotopic (exact) mass is 631 g/mol. The Kier molecular flexibility index (Phi) is 8.18. The number of rotatable bonds is 8. The lowest BCUT2D eigenvalue weighted by Gasteiger charge is -2.36. The third kappa shape index (κ3) is 6.19. The topological polar surface area (TPSA) is 115 Å². The number of hydrogen-bond donors (Lipinski definition) is 1. The van der Waals surface area contributed by atoms with Gasteiger partial charge in [0, 0.05) is 44.0 Å². The lowest BCUT2D eigenvalue weighted by molar-refractivity contribution is -0.132. The molecule has 0 radical (unpaired) electrons. The van der Waals surface area contributed by atoms with Gasteiger partial charge in [0.15, 0.2) is 11.5 Å². The molecule has 0 bridgehead atoms. The van der Waals surface area contributed by atoms with Crippen LogP contribution in [0.5, 0.6) is 11.5 Å². The molecule has 5 aromatic rings. The van der Waals surface area contributed by atoms with Crippen LogP contribution in [0.25, 0.3) is 10.9 Å². The average molecular weight is 632 g/mol. The lowest BCUT2D eigenvalue weighted by atomic mass is 10.1. The smallest absolute Gasteiger partial charge is 0.332 e. The second kappa shape index (κ2) is 12.9. The first-order valence-corrected chi connectivity index (χ1v) is 15.5. The van der Waals surface area contributed by atoms with Gasteiger partial charge in [0.25, 0.3) is 11.5 Å². The van der Waals surface area contributed by atoms with E-state index in [1.54, 1.807) is 53.4 Å². The summed E-state index contributed by atoms with van der Waals surface area (Å²) in [5, 5.41) is 3.25. The molecule has 2 amide bonds. The molecule has 2 aliphatic heterocycles. The fourth-order valence-corrected chi connectivity index (χ4v) is 6.03. The van der Waals surface area contributed by atoms with Crippen molar-refractivity contribution in [2.75, 3.05) is 37.9 Å². The Labute approximate surface area is 270 Å². The summed E-state index contributed by atoms with van der Waals surface area (Å²) in [6.45, 7) is 2.77. The van der Waals surface area contributed by atoms with Gasteiger partial charge < -0.3 is 24.6 Å². The van der Waals surface area contributed by atoms with Gasteiger partial charge in [-0.2, -0.15) is 0 Å². The predicted octanol–water partition coefficient (Wildman–Crippen LogP) is 3.22. The van der Waals surface area contributed by atoms with E-state index in [2.05, 4.69) is 22.3 Å². The third-order valence-electron chi connectivity index (χ3n) is 8.63. The van der Waals surface area contributed by atoms with Gasteiger partial charge in [0.1, 0.15) is 6.54 Å². The second-order valence-electron chi connectivity index (χ2n) is 11.5. The van der Waals surface area contributed by atoms with Crippen molar-refractivity contribution < 1.29 is 19.1 Å². The molecule has 1 N–H and O–H groups in total. The molecular formula is C36H33N5O6. The summed E-state index contributed by atoms with van der Waals surface area (Å²) >= 11 is 0. The number of amides is 2. The van der Waals surface area contributed by atoms with Crippen LogP contribution >= 0.6 is 0 Å². The number of nitrogens with one attached hydrogen (secondary N) is 1. The van der Waals surface area contributed by atoms with Crippen molar-refractivity contribution in [3.8, 4) is 11.5 Å². The zero-order valence-electron chi connectivity index (χ0n) is 25.6. The molecule has 4 aromatic carbocycles. The largest absolute Gasteiger partial charge is 0.454 e. The Morgan fingerprint density at radius 3 is 2.21 bits per heavy atom. The highest BCUT2D eigenvalue weighted by Crippen LogP contribution is 2.32. The van der Waals surface area contributed by atoms with Crippen LogP contribution in [-0.2, 0) is 24.4 Å². The summed E-state index contributed by atoms with van der Waals surface area (Å²) < 4.78 is 13.3. The van der Waals surface area contributed by atoms with Crippen LogP contribution in [0.1, 0.15) is 21.5 Å². The van der Waals surface area contributed by atoms with E-state index < -0.39 is 11.2 Å². The lowest BCUT2D eigenvalue weighted by Crippen LogP contribution is -2.50. The van der Waals surface area contributed by atoms with Crippen molar-refractivity contribution in [3.05, 3.63) is 135 Å². The molecule has 0 spiro atoms. The van der Waals surface area contributed by atoms with E-state index in [9.17, 15) is 19.2 Å². The summed E-state index contributed by atoms with van der Waals surface area (Å²) in [6.07, 6.45) is 0. The summed E-state index contributed by atoms with van der Waals surface area (Å²) in [6, 6.07) is 29.2. The van der Waals surface area contributed by atoms with Gasteiger partial charge in [0.2, 0.25) is 12.7 Å². The predicted molar refractivity (Wildman–Crippen MR) is 177 cm³/mol. The Morgan fingerprint density at radius 1 is 0.723 bits per heavy atom. The molecule has 2 aliphatic rings. The van der Waals surface area contributed by atoms with Crippen LogP contribution in [0.3, 0.4) is 0 Å². The minimum atomic E-state index is -0.560. The summed E-state index contributed by atoms with van der Waals surface area (Å²) in [7, 11) is 0. The second-order valence-corrected chi connectivity index (χ2v) is 11.5. The van der Waals surface area contributed by atoms with Crippen LogP contribution in [0, 0.1) is 0 Å². The minimum absolute atomic E-state index is 0.00840. The van der Waals surface area contributed by atoms with Gasteiger partial charge in [0.05, 0.1) is 17.4 Å². The van der Waals surface area contributed by atoms with E-state index >= 15 is 0 Å². The highest BCUT2D eigenvalue weighted by molar-refractivity contribution is 5.94. The summed E-state index contributed by atoms with van der Waals surface area (Å²) in [5.74, 6) is 0.890. The van der Waals surface area contributed by atoms with Crippen molar-refractivity contribution in [1.29, 1.82) is 0 Å². The van der Waals surface area contributed by atoms with Gasteiger partial charge in [-0.15, -0.1) is 0 Å². The van der Waals surface area contributed by atoms with Gasteiger partial charge in [-0.05, 0) is 59.7 Å². The van der Waals surface area contributed by atoms with Crippen molar-refractivity contribution in [1.82, 2.24) is 19.4 Å². The molecule has 238 valence electrons. The van der Waals surface area contributed by atoms with Crippen LogP contribution in [-0.4, -0.2) is 58.8 Å². The molecule has 0 atom stereocenters. The molecule has 1 saturated heterocycles. The third-order valence-corrected chi connectivity index (χ3v) is 8.63. The van der Waals surface area contributed by atoms with Crippen molar-refractivity contribution >= 4 is 28.4 Å². The zero-order chi connectivity index (χ0) is 32.3. The zero-order valence-corrected chi connectivity index (χ0v) is 25.6. The number of anilines is 1. The van der Waals surface area contributed by atoms with Crippen molar-refractivity contribution in [2.45, 2.75) is 19.6 Å². The van der Waals surface area contributed by atoms with E-state index in [1.165, 1.54) is 4.57 Å². The molecule has 3 heterocycles. The van der Waals surface area contributed by atoms with E-state index in [0.29, 0.717) is 66.3 Å². The first-order chi connectivity index (χ1) is 22.9. The molecule has 47 heavy (non-hydrogen) atoms. The highest BCUT2D eigenvalue weighted by Gasteiger charge is 2.23. The van der Waals surface area contributed by atoms with E-state index in [1.807, 2.05) is 36.4 Å². The summed E-state index contributed by atoms with van der Waals surface area (Å²) in [4.78, 5) is 57.6. The van der Waals surface area contributed by atoms with Gasteiger partial charge in [-0.1, -0.05) is 48.5 Å². The molecule has 0 saturated carbocycles. The Bertz CT molecular complexity index is 2060. The highest BCUT2D eigenvalue weighted by atomic mass is 16.7. The number of carbonyl (C=O) groups excluding carboxylic acids is 2.